The van der Waals surface area contributed by atoms with E-state index in [0.29, 0.717) is 22.6 Å². The third-order valence-electron chi connectivity index (χ3n) is 4.68. The number of amides is 2. The predicted molar refractivity (Wildman–Crippen MR) is 108 cm³/mol. The van der Waals surface area contributed by atoms with E-state index in [0.717, 1.165) is 0 Å². The van der Waals surface area contributed by atoms with Crippen LogP contribution in [0.5, 0.6) is 0 Å². The molecule has 0 radical (unpaired) electrons. The first-order valence-electron chi connectivity index (χ1n) is 9.94. The standard InChI is InChI=1S/C20H25F2N7O2/c1-12(2)29-16(4-5-25-29)20(31)24-10-15-11-28-17(27-15)7-14(9-26-28)8-23-18(30)6-13(3)19(21)22/h4-5,7,9,11-13,19H,6,8,10H2,1-3H3,(H,23,30)(H,24,31). The van der Waals surface area contributed by atoms with Crippen molar-refractivity contribution in [1.82, 2.24) is 35.0 Å². The van der Waals surface area contributed by atoms with Crippen molar-refractivity contribution in [1.29, 1.82) is 0 Å². The lowest BCUT2D eigenvalue weighted by atomic mass is 10.1. The van der Waals surface area contributed by atoms with Crippen LogP contribution in [0.25, 0.3) is 5.65 Å². The number of nitrogens with zero attached hydrogens (tertiary/aromatic N) is 5. The highest BCUT2D eigenvalue weighted by molar-refractivity contribution is 5.92. The highest BCUT2D eigenvalue weighted by Gasteiger charge is 2.18. The molecule has 0 fully saturated rings. The minimum atomic E-state index is -2.53. The number of hydrogen-bond acceptors (Lipinski definition) is 5. The minimum Gasteiger partial charge on any atom is -0.352 e. The predicted octanol–water partition coefficient (Wildman–Crippen LogP) is 2.34. The lowest BCUT2D eigenvalue weighted by Gasteiger charge is -2.10. The van der Waals surface area contributed by atoms with E-state index in [1.165, 1.54) is 6.92 Å². The molecule has 0 aliphatic rings. The quantitative estimate of drug-likeness (QED) is 0.539. The van der Waals surface area contributed by atoms with Crippen LogP contribution in [0.15, 0.2) is 30.7 Å². The number of imidazole rings is 1. The van der Waals surface area contributed by atoms with Gasteiger partial charge in [-0.1, -0.05) is 6.92 Å². The first kappa shape index (κ1) is 22.3. The van der Waals surface area contributed by atoms with Crippen LogP contribution in [-0.2, 0) is 17.9 Å². The Balaban J connectivity index is 1.58. The van der Waals surface area contributed by atoms with Crippen molar-refractivity contribution in [3.05, 3.63) is 47.7 Å². The topological polar surface area (TPSA) is 106 Å². The number of aromatic nitrogens is 5. The van der Waals surface area contributed by atoms with Gasteiger partial charge in [-0.05, 0) is 31.5 Å². The number of rotatable bonds is 9. The van der Waals surface area contributed by atoms with E-state index in [4.69, 9.17) is 0 Å². The van der Waals surface area contributed by atoms with E-state index >= 15 is 0 Å². The van der Waals surface area contributed by atoms with Gasteiger partial charge in [-0.3, -0.25) is 14.3 Å². The molecule has 1 atom stereocenters. The van der Waals surface area contributed by atoms with Crippen LogP contribution < -0.4 is 10.6 Å². The van der Waals surface area contributed by atoms with Crippen molar-refractivity contribution in [2.45, 2.75) is 52.7 Å². The first-order valence-corrected chi connectivity index (χ1v) is 9.94. The van der Waals surface area contributed by atoms with Gasteiger partial charge >= 0.3 is 0 Å². The van der Waals surface area contributed by atoms with Crippen molar-refractivity contribution >= 4 is 17.5 Å². The van der Waals surface area contributed by atoms with Gasteiger partial charge in [0, 0.05) is 31.1 Å². The van der Waals surface area contributed by atoms with Gasteiger partial charge in [0.15, 0.2) is 5.65 Å². The van der Waals surface area contributed by atoms with Gasteiger partial charge in [-0.25, -0.2) is 18.3 Å². The van der Waals surface area contributed by atoms with Crippen LogP contribution in [0.1, 0.15) is 55.0 Å². The molecule has 11 heteroatoms. The number of carbonyl (C=O) groups is 2. The zero-order valence-corrected chi connectivity index (χ0v) is 17.5. The summed E-state index contributed by atoms with van der Waals surface area (Å²) in [7, 11) is 0. The summed E-state index contributed by atoms with van der Waals surface area (Å²) in [5, 5.41) is 13.8. The maximum Gasteiger partial charge on any atom is 0.269 e. The van der Waals surface area contributed by atoms with Gasteiger partial charge < -0.3 is 10.6 Å². The van der Waals surface area contributed by atoms with Crippen molar-refractivity contribution in [3.63, 3.8) is 0 Å². The second-order valence-electron chi connectivity index (χ2n) is 7.63. The maximum atomic E-state index is 12.5. The molecule has 31 heavy (non-hydrogen) atoms. The zero-order valence-electron chi connectivity index (χ0n) is 17.5. The van der Waals surface area contributed by atoms with Crippen LogP contribution in [-0.4, -0.2) is 42.6 Å². The molecule has 0 aromatic carbocycles. The molecule has 9 nitrogen and oxygen atoms in total. The first-order chi connectivity index (χ1) is 14.7. The van der Waals surface area contributed by atoms with Gasteiger partial charge in [0.05, 0.1) is 24.6 Å². The lowest BCUT2D eigenvalue weighted by Crippen LogP contribution is -2.26. The number of hydrogen-bond donors (Lipinski definition) is 2. The fourth-order valence-electron chi connectivity index (χ4n) is 2.97. The van der Waals surface area contributed by atoms with E-state index in [9.17, 15) is 18.4 Å². The van der Waals surface area contributed by atoms with Crippen LogP contribution in [0.3, 0.4) is 0 Å². The van der Waals surface area contributed by atoms with Gasteiger partial charge in [0.1, 0.15) is 5.69 Å². The fourth-order valence-corrected chi connectivity index (χ4v) is 2.97. The number of fused-ring (bicyclic) bond motifs is 1. The summed E-state index contributed by atoms with van der Waals surface area (Å²) in [6, 6.07) is 3.46. The van der Waals surface area contributed by atoms with E-state index in [-0.39, 0.29) is 31.5 Å². The molecule has 3 aromatic rings. The molecule has 2 N–H and O–H groups in total. The van der Waals surface area contributed by atoms with E-state index in [2.05, 4.69) is 25.8 Å². The molecule has 3 aromatic heterocycles. The van der Waals surface area contributed by atoms with Crippen molar-refractivity contribution in [2.24, 2.45) is 5.92 Å². The Morgan fingerprint density at radius 1 is 1.13 bits per heavy atom. The lowest BCUT2D eigenvalue weighted by molar-refractivity contribution is -0.123. The van der Waals surface area contributed by atoms with E-state index < -0.39 is 18.3 Å². The van der Waals surface area contributed by atoms with Gasteiger partial charge in [0.25, 0.3) is 5.91 Å². The number of alkyl halides is 2. The largest absolute Gasteiger partial charge is 0.352 e. The molecule has 0 bridgehead atoms. The molecule has 166 valence electrons. The summed E-state index contributed by atoms with van der Waals surface area (Å²) in [6.07, 6.45) is 2.07. The molecule has 0 saturated carbocycles. The molecule has 0 spiro atoms. The molecular weight excluding hydrogens is 408 g/mol. The molecule has 1 unspecified atom stereocenters. The number of halogens is 2. The SMILES string of the molecule is CC(CC(=O)NCc1cnn2cc(CNC(=O)c3ccnn3C(C)C)nc2c1)C(F)F. The Morgan fingerprint density at radius 2 is 1.90 bits per heavy atom. The summed E-state index contributed by atoms with van der Waals surface area (Å²) >= 11 is 0. The van der Waals surface area contributed by atoms with Crippen LogP contribution in [0.4, 0.5) is 8.78 Å². The Labute approximate surface area is 177 Å². The van der Waals surface area contributed by atoms with Crippen LogP contribution in [0.2, 0.25) is 0 Å². The Hall–Kier alpha value is -3.37. The Kier molecular flexibility index (Phi) is 6.93. The van der Waals surface area contributed by atoms with E-state index in [1.807, 2.05) is 13.8 Å². The minimum absolute atomic E-state index is 0.0626. The van der Waals surface area contributed by atoms with Crippen molar-refractivity contribution in [3.8, 4) is 0 Å². The Morgan fingerprint density at radius 3 is 2.61 bits per heavy atom. The third-order valence-corrected chi connectivity index (χ3v) is 4.68. The second-order valence-corrected chi connectivity index (χ2v) is 7.63. The normalized spacial score (nSPS) is 12.5. The average molecular weight is 433 g/mol. The van der Waals surface area contributed by atoms with Gasteiger partial charge in [0.2, 0.25) is 12.3 Å². The summed E-state index contributed by atoms with van der Waals surface area (Å²) in [5.41, 5.74) is 2.32. The smallest absolute Gasteiger partial charge is 0.269 e. The summed E-state index contributed by atoms with van der Waals surface area (Å²) in [5.74, 6) is -1.69. The second kappa shape index (κ2) is 9.63. The summed E-state index contributed by atoms with van der Waals surface area (Å²) in [6.45, 7) is 5.59. The maximum absolute atomic E-state index is 12.5. The number of carbonyl (C=O) groups excluding carboxylic acids is 2. The van der Waals surface area contributed by atoms with Crippen molar-refractivity contribution < 1.29 is 18.4 Å². The van der Waals surface area contributed by atoms with Crippen LogP contribution >= 0.6 is 0 Å². The van der Waals surface area contributed by atoms with E-state index in [1.54, 1.807) is 39.9 Å². The molecule has 3 heterocycles. The molecule has 0 aliphatic carbocycles. The molecule has 2 amide bonds. The van der Waals surface area contributed by atoms with Crippen molar-refractivity contribution in [2.75, 3.05) is 0 Å². The number of nitrogens with one attached hydrogen (secondary N) is 2. The average Bonchev–Trinajstić information content (AvgIpc) is 3.36. The third kappa shape index (κ3) is 5.62. The van der Waals surface area contributed by atoms with Gasteiger partial charge in [-0.15, -0.1) is 0 Å². The molecule has 0 aliphatic heterocycles. The zero-order chi connectivity index (χ0) is 22.5. The Bertz CT molecular complexity index is 1060. The molecule has 3 rings (SSSR count). The van der Waals surface area contributed by atoms with Crippen LogP contribution in [0, 0.1) is 5.92 Å². The highest BCUT2D eigenvalue weighted by atomic mass is 19.3. The monoisotopic (exact) mass is 433 g/mol. The fraction of sp³-hybridized carbons (Fsp3) is 0.450. The highest BCUT2D eigenvalue weighted by Crippen LogP contribution is 2.13. The molecular formula is C20H25F2N7O2. The molecule has 0 saturated heterocycles. The summed E-state index contributed by atoms with van der Waals surface area (Å²) < 4.78 is 28.3. The summed E-state index contributed by atoms with van der Waals surface area (Å²) in [4.78, 5) is 28.6. The van der Waals surface area contributed by atoms with Gasteiger partial charge in [-0.2, -0.15) is 10.2 Å².